The van der Waals surface area contributed by atoms with Gasteiger partial charge in [0.1, 0.15) is 0 Å². The summed E-state index contributed by atoms with van der Waals surface area (Å²) in [5.41, 5.74) is 1.68. The average molecular weight is 410 g/mol. The molecular weight excluding hydrogens is 381 g/mol. The topological polar surface area (TPSA) is 47.6 Å². The van der Waals surface area contributed by atoms with Crippen LogP contribution in [0.25, 0.3) is 0 Å². The minimum atomic E-state index is -3.45. The third kappa shape index (κ3) is 6.97. The Labute approximate surface area is 167 Å². The Morgan fingerprint density at radius 1 is 0.926 bits per heavy atom. The lowest BCUT2D eigenvalue weighted by molar-refractivity contribution is 0.194. The van der Waals surface area contributed by atoms with E-state index in [-0.39, 0.29) is 0 Å². The van der Waals surface area contributed by atoms with Crippen molar-refractivity contribution in [2.24, 2.45) is 0 Å². The van der Waals surface area contributed by atoms with Crippen molar-refractivity contribution < 1.29 is 13.6 Å². The van der Waals surface area contributed by atoms with Crippen LogP contribution in [0.15, 0.2) is 54.6 Å². The van der Waals surface area contributed by atoms with E-state index in [1.165, 1.54) is 0 Å². The first-order valence-electron chi connectivity index (χ1n) is 9.55. The molecule has 0 aliphatic rings. The van der Waals surface area contributed by atoms with Gasteiger partial charge >= 0.3 is 7.60 Å². The van der Waals surface area contributed by atoms with Crippen molar-refractivity contribution >= 4 is 24.9 Å². The highest BCUT2D eigenvalue weighted by atomic mass is 35.5. The third-order valence-electron chi connectivity index (χ3n) is 4.12. The van der Waals surface area contributed by atoms with Gasteiger partial charge in [0, 0.05) is 10.7 Å². The summed E-state index contributed by atoms with van der Waals surface area (Å²) in [7, 11) is -3.45. The van der Waals surface area contributed by atoms with E-state index in [9.17, 15) is 4.57 Å². The SMILES string of the molecule is CCCCOP(=O)(OCCCC)[C@@H](Nc1ccccc1)c1ccc(Cl)cc1. The van der Waals surface area contributed by atoms with Crippen LogP contribution in [0.2, 0.25) is 5.02 Å². The first kappa shape index (κ1) is 22.0. The van der Waals surface area contributed by atoms with E-state index in [1.807, 2.05) is 42.5 Å². The molecule has 0 aliphatic heterocycles. The Morgan fingerprint density at radius 3 is 2.00 bits per heavy atom. The molecule has 2 aromatic rings. The number of unbranched alkanes of at least 4 members (excludes halogenated alkanes) is 2. The van der Waals surface area contributed by atoms with Crippen molar-refractivity contribution in [1.82, 2.24) is 0 Å². The minimum absolute atomic E-state index is 0.403. The lowest BCUT2D eigenvalue weighted by Crippen LogP contribution is -2.16. The summed E-state index contributed by atoms with van der Waals surface area (Å²) in [5, 5.41) is 3.98. The Bertz CT molecular complexity index is 695. The summed E-state index contributed by atoms with van der Waals surface area (Å²) < 4.78 is 25.6. The molecule has 4 nitrogen and oxygen atoms in total. The molecule has 6 heteroatoms. The number of benzene rings is 2. The van der Waals surface area contributed by atoms with Crippen molar-refractivity contribution in [3.63, 3.8) is 0 Å². The Hall–Kier alpha value is -1.32. The maximum Gasteiger partial charge on any atom is 0.357 e. The van der Waals surface area contributed by atoms with Crippen LogP contribution in [0.3, 0.4) is 0 Å². The predicted molar refractivity (Wildman–Crippen MR) is 114 cm³/mol. The van der Waals surface area contributed by atoms with Gasteiger partial charge in [0.25, 0.3) is 0 Å². The first-order valence-corrected chi connectivity index (χ1v) is 11.5. The van der Waals surface area contributed by atoms with E-state index in [4.69, 9.17) is 20.6 Å². The Kier molecular flexibility index (Phi) is 9.36. The molecule has 0 saturated heterocycles. The molecule has 0 fully saturated rings. The Morgan fingerprint density at radius 2 is 1.48 bits per heavy atom. The summed E-state index contributed by atoms with van der Waals surface area (Å²) >= 11 is 6.04. The van der Waals surface area contributed by atoms with Crippen LogP contribution in [0, 0.1) is 0 Å². The van der Waals surface area contributed by atoms with Crippen molar-refractivity contribution in [1.29, 1.82) is 0 Å². The van der Waals surface area contributed by atoms with Gasteiger partial charge in [-0.1, -0.05) is 68.6 Å². The van der Waals surface area contributed by atoms with Crippen LogP contribution in [0.4, 0.5) is 5.69 Å². The van der Waals surface area contributed by atoms with Crippen LogP contribution in [-0.4, -0.2) is 13.2 Å². The molecule has 0 amide bonds. The second kappa shape index (κ2) is 11.5. The fraction of sp³-hybridized carbons (Fsp3) is 0.429. The second-order valence-electron chi connectivity index (χ2n) is 6.38. The van der Waals surface area contributed by atoms with Crippen molar-refractivity contribution in [2.75, 3.05) is 18.5 Å². The average Bonchev–Trinajstić information content (AvgIpc) is 2.68. The summed E-state index contributed by atoms with van der Waals surface area (Å²) in [6.45, 7) is 4.96. The highest BCUT2D eigenvalue weighted by molar-refractivity contribution is 7.54. The molecule has 0 saturated carbocycles. The van der Waals surface area contributed by atoms with Crippen LogP contribution in [0.1, 0.15) is 50.9 Å². The van der Waals surface area contributed by atoms with E-state index in [2.05, 4.69) is 19.2 Å². The molecule has 2 aromatic carbocycles. The largest absolute Gasteiger partial charge is 0.368 e. The molecule has 0 heterocycles. The van der Waals surface area contributed by atoms with Gasteiger partial charge in [0.2, 0.25) is 0 Å². The zero-order valence-electron chi connectivity index (χ0n) is 16.1. The molecule has 148 valence electrons. The molecule has 0 radical (unpaired) electrons. The number of rotatable bonds is 12. The maximum atomic E-state index is 13.8. The van der Waals surface area contributed by atoms with Gasteiger partial charge in [-0.05, 0) is 42.7 Å². The molecule has 0 bridgehead atoms. The fourth-order valence-electron chi connectivity index (χ4n) is 2.54. The first-order chi connectivity index (χ1) is 13.1. The van der Waals surface area contributed by atoms with E-state index < -0.39 is 13.4 Å². The number of halogens is 1. The van der Waals surface area contributed by atoms with Crippen molar-refractivity contribution in [2.45, 2.75) is 45.3 Å². The molecule has 1 N–H and O–H groups in total. The summed E-state index contributed by atoms with van der Waals surface area (Å²) in [5.74, 6) is -0.606. The zero-order chi connectivity index (χ0) is 19.5. The smallest absolute Gasteiger partial charge is 0.357 e. The lowest BCUT2D eigenvalue weighted by Gasteiger charge is -2.29. The van der Waals surface area contributed by atoms with Gasteiger partial charge in [-0.25, -0.2) is 0 Å². The minimum Gasteiger partial charge on any atom is -0.368 e. The molecule has 2 rings (SSSR count). The van der Waals surface area contributed by atoms with Crippen molar-refractivity contribution in [3.8, 4) is 0 Å². The lowest BCUT2D eigenvalue weighted by atomic mass is 10.2. The molecule has 1 atom stereocenters. The molecule has 0 aliphatic carbocycles. The number of nitrogens with one attached hydrogen (secondary N) is 1. The standard InChI is InChI=1S/C21H29ClNO3P/c1-3-5-16-25-27(24,26-17-6-4-2)21(18-12-14-19(22)15-13-18)23-20-10-8-7-9-11-20/h7-15,21,23H,3-6,16-17H2,1-2H3/t21-/m1/s1. The number of para-hydroxylation sites is 1. The molecule has 0 spiro atoms. The van der Waals surface area contributed by atoms with Gasteiger partial charge in [0.05, 0.1) is 13.2 Å². The number of anilines is 1. The predicted octanol–water partition coefficient (Wildman–Crippen LogP) is 7.28. The summed E-state index contributed by atoms with van der Waals surface area (Å²) in [6.07, 6.45) is 3.60. The summed E-state index contributed by atoms with van der Waals surface area (Å²) in [6, 6.07) is 17.0. The fourth-order valence-corrected chi connectivity index (χ4v) is 4.65. The van der Waals surface area contributed by atoms with E-state index >= 15 is 0 Å². The van der Waals surface area contributed by atoms with E-state index in [1.54, 1.807) is 12.1 Å². The van der Waals surface area contributed by atoms with Gasteiger partial charge in [-0.3, -0.25) is 4.57 Å². The summed E-state index contributed by atoms with van der Waals surface area (Å²) in [4.78, 5) is 0. The van der Waals surface area contributed by atoms with Gasteiger partial charge in [-0.15, -0.1) is 0 Å². The molecule has 0 unspecified atom stereocenters. The van der Waals surface area contributed by atoms with Gasteiger partial charge < -0.3 is 14.4 Å². The highest BCUT2D eigenvalue weighted by Gasteiger charge is 2.37. The zero-order valence-corrected chi connectivity index (χ0v) is 17.7. The molecule has 0 aromatic heterocycles. The Balaban J connectivity index is 2.34. The number of hydrogen-bond donors (Lipinski definition) is 1. The van der Waals surface area contributed by atoms with Crippen LogP contribution in [0.5, 0.6) is 0 Å². The van der Waals surface area contributed by atoms with Crippen LogP contribution in [-0.2, 0) is 13.6 Å². The normalized spacial score (nSPS) is 12.7. The number of hydrogen-bond acceptors (Lipinski definition) is 4. The second-order valence-corrected chi connectivity index (χ2v) is 8.93. The highest BCUT2D eigenvalue weighted by Crippen LogP contribution is 2.61. The van der Waals surface area contributed by atoms with Gasteiger partial charge in [-0.2, -0.15) is 0 Å². The van der Waals surface area contributed by atoms with E-state index in [0.717, 1.165) is 36.9 Å². The maximum absolute atomic E-state index is 13.8. The van der Waals surface area contributed by atoms with E-state index in [0.29, 0.717) is 18.2 Å². The quantitative estimate of drug-likeness (QED) is 0.295. The molecule has 27 heavy (non-hydrogen) atoms. The molecular formula is C21H29ClNO3P. The van der Waals surface area contributed by atoms with Gasteiger partial charge in [0.15, 0.2) is 5.78 Å². The monoisotopic (exact) mass is 409 g/mol. The van der Waals surface area contributed by atoms with Crippen LogP contribution < -0.4 is 5.32 Å². The van der Waals surface area contributed by atoms with Crippen molar-refractivity contribution in [3.05, 3.63) is 65.2 Å². The third-order valence-corrected chi connectivity index (χ3v) is 6.51. The van der Waals surface area contributed by atoms with Crippen LogP contribution >= 0.6 is 19.2 Å².